The van der Waals surface area contributed by atoms with Gasteiger partial charge in [-0.25, -0.2) is 0 Å². The van der Waals surface area contributed by atoms with Crippen molar-refractivity contribution in [1.82, 2.24) is 4.90 Å². The van der Waals surface area contributed by atoms with Crippen molar-refractivity contribution in [1.29, 1.82) is 0 Å². The summed E-state index contributed by atoms with van der Waals surface area (Å²) in [6.07, 6.45) is 1.42. The second-order valence-corrected chi connectivity index (χ2v) is 7.49. The van der Waals surface area contributed by atoms with Gasteiger partial charge in [0.15, 0.2) is 0 Å². The summed E-state index contributed by atoms with van der Waals surface area (Å²) in [5, 5.41) is 2.96. The molecule has 1 atom stereocenters. The van der Waals surface area contributed by atoms with E-state index in [-0.39, 0.29) is 11.8 Å². The molecule has 0 bridgehead atoms. The Morgan fingerprint density at radius 2 is 2.00 bits per heavy atom. The second kappa shape index (κ2) is 9.29. The highest BCUT2D eigenvalue weighted by atomic mass is 16.5. The Labute approximate surface area is 171 Å². The molecule has 0 radical (unpaired) electrons. The third-order valence-electron chi connectivity index (χ3n) is 5.55. The Balaban J connectivity index is 1.41. The number of benzene rings is 2. The zero-order valence-corrected chi connectivity index (χ0v) is 16.9. The maximum absolute atomic E-state index is 12.3. The molecule has 0 spiro atoms. The molecule has 0 saturated carbocycles. The Morgan fingerprint density at radius 1 is 1.14 bits per heavy atom. The second-order valence-electron chi connectivity index (χ2n) is 7.49. The lowest BCUT2D eigenvalue weighted by Crippen LogP contribution is -2.37. The number of ether oxygens (including phenoxy) is 3. The van der Waals surface area contributed by atoms with E-state index in [9.17, 15) is 4.79 Å². The molecule has 2 aliphatic heterocycles. The summed E-state index contributed by atoms with van der Waals surface area (Å²) in [5.41, 5.74) is 3.02. The van der Waals surface area contributed by atoms with Crippen LogP contribution in [0, 0.1) is 0 Å². The molecule has 6 heteroatoms. The molecule has 1 fully saturated rings. The van der Waals surface area contributed by atoms with Crippen molar-refractivity contribution in [2.45, 2.75) is 18.8 Å². The molecule has 6 nitrogen and oxygen atoms in total. The fourth-order valence-corrected chi connectivity index (χ4v) is 3.99. The number of hydrogen-bond acceptors (Lipinski definition) is 5. The van der Waals surface area contributed by atoms with Crippen LogP contribution in [0.15, 0.2) is 42.5 Å². The number of anilines is 1. The van der Waals surface area contributed by atoms with Crippen molar-refractivity contribution in [2.24, 2.45) is 0 Å². The number of nitrogens with one attached hydrogen (secondary N) is 1. The lowest BCUT2D eigenvalue weighted by molar-refractivity contribution is -0.116. The Kier molecular flexibility index (Phi) is 6.32. The molecular formula is C23H28N2O4. The summed E-state index contributed by atoms with van der Waals surface area (Å²) < 4.78 is 16.7. The highest BCUT2D eigenvalue weighted by molar-refractivity contribution is 5.95. The number of morpholine rings is 1. The van der Waals surface area contributed by atoms with Crippen molar-refractivity contribution in [3.8, 4) is 11.5 Å². The largest absolute Gasteiger partial charge is 0.497 e. The summed E-state index contributed by atoms with van der Waals surface area (Å²) in [6.45, 7) is 5.37. The van der Waals surface area contributed by atoms with Crippen LogP contribution in [0.2, 0.25) is 0 Å². The molecule has 1 amide bonds. The molecule has 2 heterocycles. The van der Waals surface area contributed by atoms with E-state index in [1.807, 2.05) is 30.3 Å². The fraction of sp³-hybridized carbons (Fsp3) is 0.435. The number of rotatable bonds is 7. The average Bonchev–Trinajstić information content (AvgIpc) is 2.76. The summed E-state index contributed by atoms with van der Waals surface area (Å²) in [4.78, 5) is 14.7. The molecule has 2 aromatic rings. The quantitative estimate of drug-likeness (QED) is 0.728. The summed E-state index contributed by atoms with van der Waals surface area (Å²) in [7, 11) is 1.63. The number of nitrogens with zero attached hydrogens (tertiary/aromatic N) is 1. The van der Waals surface area contributed by atoms with Crippen LogP contribution in [0.4, 0.5) is 5.69 Å². The van der Waals surface area contributed by atoms with E-state index in [0.29, 0.717) is 13.0 Å². The van der Waals surface area contributed by atoms with Crippen LogP contribution in [-0.4, -0.2) is 57.4 Å². The highest BCUT2D eigenvalue weighted by Gasteiger charge is 2.27. The number of hydrogen-bond donors (Lipinski definition) is 1. The maximum atomic E-state index is 12.3. The molecule has 154 valence electrons. The monoisotopic (exact) mass is 396 g/mol. The third-order valence-corrected chi connectivity index (χ3v) is 5.55. The molecule has 1 unspecified atom stereocenters. The molecule has 4 rings (SSSR count). The lowest BCUT2D eigenvalue weighted by atomic mass is 9.84. The normalized spacial score (nSPS) is 19.3. The number of methoxy groups -OCH3 is 1. The molecule has 2 aliphatic rings. The van der Waals surface area contributed by atoms with E-state index in [0.717, 1.165) is 67.6 Å². The van der Waals surface area contributed by atoms with Gasteiger partial charge < -0.3 is 19.5 Å². The van der Waals surface area contributed by atoms with Gasteiger partial charge in [-0.3, -0.25) is 9.69 Å². The van der Waals surface area contributed by atoms with Crippen molar-refractivity contribution in [2.75, 3.05) is 51.9 Å². The van der Waals surface area contributed by atoms with Crippen molar-refractivity contribution in [3.05, 3.63) is 53.6 Å². The van der Waals surface area contributed by atoms with Crippen LogP contribution in [0.5, 0.6) is 11.5 Å². The van der Waals surface area contributed by atoms with Crippen molar-refractivity contribution < 1.29 is 19.0 Å². The molecule has 1 saturated heterocycles. The SMILES string of the molecule is COc1ccc2c(c1)NC(=O)CC2c1cccc(OCCCN2CCOCC2)c1. The van der Waals surface area contributed by atoms with Crippen molar-refractivity contribution in [3.63, 3.8) is 0 Å². The summed E-state index contributed by atoms with van der Waals surface area (Å²) in [6, 6.07) is 14.0. The van der Waals surface area contributed by atoms with Crippen LogP contribution in [0.25, 0.3) is 0 Å². The minimum absolute atomic E-state index is 0.0153. The van der Waals surface area contributed by atoms with Gasteiger partial charge in [-0.15, -0.1) is 0 Å². The first-order chi connectivity index (χ1) is 14.2. The molecule has 1 N–H and O–H groups in total. The Hall–Kier alpha value is -2.57. The van der Waals surface area contributed by atoms with Gasteiger partial charge >= 0.3 is 0 Å². The van der Waals surface area contributed by atoms with Gasteiger partial charge in [0.25, 0.3) is 0 Å². The van der Waals surface area contributed by atoms with E-state index in [1.165, 1.54) is 0 Å². The molecular weight excluding hydrogens is 368 g/mol. The first-order valence-electron chi connectivity index (χ1n) is 10.2. The summed E-state index contributed by atoms with van der Waals surface area (Å²) in [5.74, 6) is 1.63. The number of carbonyl (C=O) groups excluding carboxylic acids is 1. The smallest absolute Gasteiger partial charge is 0.225 e. The molecule has 0 aromatic heterocycles. The van der Waals surface area contributed by atoms with Gasteiger partial charge in [0.2, 0.25) is 5.91 Å². The molecule has 29 heavy (non-hydrogen) atoms. The van der Waals surface area contributed by atoms with E-state index in [4.69, 9.17) is 14.2 Å². The predicted octanol–water partition coefficient (Wildman–Crippen LogP) is 3.27. The minimum atomic E-state index is 0.0153. The van der Waals surface area contributed by atoms with Gasteiger partial charge in [0, 0.05) is 43.7 Å². The van der Waals surface area contributed by atoms with Crippen LogP contribution in [0.3, 0.4) is 0 Å². The van der Waals surface area contributed by atoms with E-state index in [1.54, 1.807) is 7.11 Å². The van der Waals surface area contributed by atoms with Crippen molar-refractivity contribution >= 4 is 11.6 Å². The minimum Gasteiger partial charge on any atom is -0.497 e. The zero-order chi connectivity index (χ0) is 20.1. The standard InChI is InChI=1S/C23H28N2O4/c1-27-18-6-7-20-21(16-23(26)24-22(20)15-18)17-4-2-5-19(14-17)29-11-3-8-25-9-12-28-13-10-25/h2,4-7,14-15,21H,3,8-13,16H2,1H3,(H,24,26). The lowest BCUT2D eigenvalue weighted by Gasteiger charge is -2.27. The average molecular weight is 396 g/mol. The number of amides is 1. The maximum Gasteiger partial charge on any atom is 0.225 e. The van der Waals surface area contributed by atoms with Crippen LogP contribution in [-0.2, 0) is 9.53 Å². The van der Waals surface area contributed by atoms with Crippen LogP contribution >= 0.6 is 0 Å². The van der Waals surface area contributed by atoms with Crippen LogP contribution < -0.4 is 14.8 Å². The Morgan fingerprint density at radius 3 is 2.83 bits per heavy atom. The predicted molar refractivity (Wildman–Crippen MR) is 112 cm³/mol. The first kappa shape index (κ1) is 19.7. The Bertz CT molecular complexity index is 849. The van der Waals surface area contributed by atoms with Gasteiger partial charge in [0.05, 0.1) is 26.9 Å². The van der Waals surface area contributed by atoms with Gasteiger partial charge in [-0.1, -0.05) is 18.2 Å². The fourth-order valence-electron chi connectivity index (χ4n) is 3.99. The van der Waals surface area contributed by atoms with Gasteiger partial charge in [0.1, 0.15) is 11.5 Å². The van der Waals surface area contributed by atoms with E-state index in [2.05, 4.69) is 22.3 Å². The van der Waals surface area contributed by atoms with E-state index < -0.39 is 0 Å². The third kappa shape index (κ3) is 4.89. The van der Waals surface area contributed by atoms with Crippen LogP contribution in [0.1, 0.15) is 29.9 Å². The van der Waals surface area contributed by atoms with Gasteiger partial charge in [-0.05, 0) is 35.7 Å². The zero-order valence-electron chi connectivity index (χ0n) is 16.9. The van der Waals surface area contributed by atoms with Gasteiger partial charge in [-0.2, -0.15) is 0 Å². The molecule has 2 aromatic carbocycles. The van der Waals surface area contributed by atoms with E-state index >= 15 is 0 Å². The first-order valence-corrected chi connectivity index (χ1v) is 10.2. The summed E-state index contributed by atoms with van der Waals surface area (Å²) >= 11 is 0. The topological polar surface area (TPSA) is 60.0 Å². The number of carbonyl (C=O) groups is 1. The molecule has 0 aliphatic carbocycles. The highest BCUT2D eigenvalue weighted by Crippen LogP contribution is 2.39. The number of fused-ring (bicyclic) bond motifs is 1.